The molecule has 2 amide bonds. The van der Waals surface area contributed by atoms with Crippen molar-refractivity contribution in [2.45, 2.75) is 45.3 Å². The average molecular weight is 301 g/mol. The van der Waals surface area contributed by atoms with Gasteiger partial charge in [0.15, 0.2) is 0 Å². The molecular weight excluding hydrogens is 278 g/mol. The molecule has 2 N–H and O–H groups in total. The van der Waals surface area contributed by atoms with Gasteiger partial charge >= 0.3 is 0 Å². The third-order valence-electron chi connectivity index (χ3n) is 4.39. The molecule has 2 aliphatic heterocycles. The highest BCUT2D eigenvalue weighted by Gasteiger charge is 2.26. The van der Waals surface area contributed by atoms with Gasteiger partial charge in [-0.1, -0.05) is 19.9 Å². The van der Waals surface area contributed by atoms with Crippen molar-refractivity contribution < 1.29 is 9.59 Å². The maximum Gasteiger partial charge on any atom is 0.253 e. The zero-order valence-electron chi connectivity index (χ0n) is 13.2. The van der Waals surface area contributed by atoms with E-state index in [1.807, 2.05) is 17.0 Å². The Labute approximate surface area is 131 Å². The van der Waals surface area contributed by atoms with Gasteiger partial charge in [0.25, 0.3) is 11.8 Å². The van der Waals surface area contributed by atoms with Gasteiger partial charge in [-0.25, -0.2) is 0 Å². The van der Waals surface area contributed by atoms with E-state index >= 15 is 0 Å². The van der Waals surface area contributed by atoms with E-state index in [2.05, 4.69) is 24.5 Å². The summed E-state index contributed by atoms with van der Waals surface area (Å²) < 4.78 is 0. The Morgan fingerprint density at radius 2 is 2.05 bits per heavy atom. The van der Waals surface area contributed by atoms with E-state index < -0.39 is 0 Å². The number of hydrogen-bond donors (Lipinski definition) is 2. The smallest absolute Gasteiger partial charge is 0.253 e. The molecule has 5 nitrogen and oxygen atoms in total. The molecule has 5 heteroatoms. The number of likely N-dealkylation sites (tertiary alicyclic amines) is 1. The molecule has 1 saturated heterocycles. The fourth-order valence-electron chi connectivity index (χ4n) is 3.25. The van der Waals surface area contributed by atoms with Crippen LogP contribution in [0.15, 0.2) is 18.2 Å². The first-order chi connectivity index (χ1) is 10.5. The van der Waals surface area contributed by atoms with Gasteiger partial charge in [-0.3, -0.25) is 9.59 Å². The van der Waals surface area contributed by atoms with Crippen LogP contribution in [-0.4, -0.2) is 41.9 Å². The maximum absolute atomic E-state index is 12.6. The summed E-state index contributed by atoms with van der Waals surface area (Å²) in [6, 6.07) is 6.42. The molecule has 22 heavy (non-hydrogen) atoms. The minimum absolute atomic E-state index is 0.0329. The highest BCUT2D eigenvalue weighted by atomic mass is 16.2. The SMILES string of the molecule is CC(C)NC1CCN(C(=O)c2ccc3c(c2)C(=O)NC3)CC1. The molecule has 0 aliphatic carbocycles. The quantitative estimate of drug-likeness (QED) is 0.890. The summed E-state index contributed by atoms with van der Waals surface area (Å²) in [6.45, 7) is 6.40. The van der Waals surface area contributed by atoms with Crippen LogP contribution in [0.2, 0.25) is 0 Å². The van der Waals surface area contributed by atoms with Gasteiger partial charge in [-0.15, -0.1) is 0 Å². The standard InChI is InChI=1S/C17H23N3O2/c1-11(2)19-14-5-7-20(8-6-14)17(22)12-3-4-13-10-18-16(21)15(13)9-12/h3-4,9,11,14,19H,5-8,10H2,1-2H3,(H,18,21). The first kappa shape index (κ1) is 15.0. The summed E-state index contributed by atoms with van der Waals surface area (Å²) in [6.07, 6.45) is 1.96. The van der Waals surface area contributed by atoms with Gasteiger partial charge in [0.1, 0.15) is 0 Å². The van der Waals surface area contributed by atoms with Crippen molar-refractivity contribution in [1.29, 1.82) is 0 Å². The second-order valence-electron chi connectivity index (χ2n) is 6.44. The molecule has 2 aliphatic rings. The van der Waals surface area contributed by atoms with Gasteiger partial charge in [-0.05, 0) is 30.5 Å². The van der Waals surface area contributed by atoms with Crippen LogP contribution in [0, 0.1) is 0 Å². The summed E-state index contributed by atoms with van der Waals surface area (Å²) in [7, 11) is 0. The van der Waals surface area contributed by atoms with Crippen LogP contribution in [0.3, 0.4) is 0 Å². The number of benzene rings is 1. The number of carbonyl (C=O) groups is 2. The van der Waals surface area contributed by atoms with Crippen molar-refractivity contribution in [2.75, 3.05) is 13.1 Å². The van der Waals surface area contributed by atoms with Crippen LogP contribution in [0.1, 0.15) is 53.0 Å². The number of nitrogens with zero attached hydrogens (tertiary/aromatic N) is 1. The van der Waals surface area contributed by atoms with Gasteiger partial charge < -0.3 is 15.5 Å². The second-order valence-corrected chi connectivity index (χ2v) is 6.44. The van der Waals surface area contributed by atoms with Gasteiger partial charge in [0.05, 0.1) is 0 Å². The number of rotatable bonds is 3. The van der Waals surface area contributed by atoms with E-state index in [9.17, 15) is 9.59 Å². The topological polar surface area (TPSA) is 61.4 Å². The predicted octanol–water partition coefficient (Wildman–Crippen LogP) is 1.53. The number of hydrogen-bond acceptors (Lipinski definition) is 3. The van der Waals surface area contributed by atoms with Crippen molar-refractivity contribution in [2.24, 2.45) is 0 Å². The Hall–Kier alpha value is -1.88. The first-order valence-corrected chi connectivity index (χ1v) is 8.01. The second kappa shape index (κ2) is 6.08. The zero-order chi connectivity index (χ0) is 15.7. The molecule has 0 spiro atoms. The fraction of sp³-hybridized carbons (Fsp3) is 0.529. The monoisotopic (exact) mass is 301 g/mol. The molecule has 0 radical (unpaired) electrons. The van der Waals surface area contributed by atoms with Crippen LogP contribution >= 0.6 is 0 Å². The normalized spacial score (nSPS) is 18.5. The lowest BCUT2D eigenvalue weighted by molar-refractivity contribution is 0.0703. The third kappa shape index (κ3) is 2.99. The molecule has 3 rings (SSSR count). The molecular formula is C17H23N3O2. The Morgan fingerprint density at radius 1 is 1.32 bits per heavy atom. The Morgan fingerprint density at radius 3 is 2.73 bits per heavy atom. The van der Waals surface area contributed by atoms with Crippen LogP contribution < -0.4 is 10.6 Å². The largest absolute Gasteiger partial charge is 0.348 e. The predicted molar refractivity (Wildman–Crippen MR) is 84.8 cm³/mol. The molecule has 0 bridgehead atoms. The van der Waals surface area contributed by atoms with Crippen LogP contribution in [0.4, 0.5) is 0 Å². The van der Waals surface area contributed by atoms with Crippen molar-refractivity contribution in [3.63, 3.8) is 0 Å². The summed E-state index contributed by atoms with van der Waals surface area (Å²) in [5, 5.41) is 6.31. The summed E-state index contributed by atoms with van der Waals surface area (Å²) in [5.74, 6) is -0.0463. The summed E-state index contributed by atoms with van der Waals surface area (Å²) in [4.78, 5) is 26.2. The minimum atomic E-state index is -0.0792. The van der Waals surface area contributed by atoms with Crippen molar-refractivity contribution in [3.05, 3.63) is 34.9 Å². The summed E-state index contributed by atoms with van der Waals surface area (Å²) in [5.41, 5.74) is 2.23. The lowest BCUT2D eigenvalue weighted by Gasteiger charge is -2.33. The zero-order valence-corrected chi connectivity index (χ0v) is 13.2. The van der Waals surface area contributed by atoms with E-state index in [4.69, 9.17) is 0 Å². The maximum atomic E-state index is 12.6. The number of nitrogens with one attached hydrogen (secondary N) is 2. The molecule has 1 aromatic rings. The fourth-order valence-corrected chi connectivity index (χ4v) is 3.25. The molecule has 1 aromatic carbocycles. The summed E-state index contributed by atoms with van der Waals surface area (Å²) >= 11 is 0. The van der Waals surface area contributed by atoms with Crippen molar-refractivity contribution in [1.82, 2.24) is 15.5 Å². The van der Waals surface area contributed by atoms with Crippen molar-refractivity contribution >= 4 is 11.8 Å². The first-order valence-electron chi connectivity index (χ1n) is 8.01. The number of fused-ring (bicyclic) bond motifs is 1. The number of carbonyl (C=O) groups excluding carboxylic acids is 2. The Bertz CT molecular complexity index is 590. The molecule has 0 saturated carbocycles. The number of amides is 2. The lowest BCUT2D eigenvalue weighted by atomic mass is 10.0. The van der Waals surface area contributed by atoms with E-state index in [0.29, 0.717) is 29.8 Å². The molecule has 0 atom stereocenters. The molecule has 0 aromatic heterocycles. The highest BCUT2D eigenvalue weighted by molar-refractivity contribution is 6.02. The van der Waals surface area contributed by atoms with E-state index in [-0.39, 0.29) is 11.8 Å². The van der Waals surface area contributed by atoms with Gasteiger partial charge in [0, 0.05) is 42.8 Å². The molecule has 118 valence electrons. The number of piperidine rings is 1. The minimum Gasteiger partial charge on any atom is -0.348 e. The average Bonchev–Trinajstić information content (AvgIpc) is 2.88. The Balaban J connectivity index is 1.66. The highest BCUT2D eigenvalue weighted by Crippen LogP contribution is 2.20. The third-order valence-corrected chi connectivity index (χ3v) is 4.39. The molecule has 2 heterocycles. The van der Waals surface area contributed by atoms with Crippen LogP contribution in [0.5, 0.6) is 0 Å². The van der Waals surface area contributed by atoms with Crippen molar-refractivity contribution in [3.8, 4) is 0 Å². The Kier molecular flexibility index (Phi) is 4.16. The molecule has 0 unspecified atom stereocenters. The molecule has 1 fully saturated rings. The van der Waals surface area contributed by atoms with Crippen LogP contribution in [0.25, 0.3) is 0 Å². The lowest BCUT2D eigenvalue weighted by Crippen LogP contribution is -2.46. The van der Waals surface area contributed by atoms with Gasteiger partial charge in [-0.2, -0.15) is 0 Å². The van der Waals surface area contributed by atoms with E-state index in [0.717, 1.165) is 31.5 Å². The van der Waals surface area contributed by atoms with Gasteiger partial charge in [0.2, 0.25) is 0 Å². The van der Waals surface area contributed by atoms with E-state index in [1.165, 1.54) is 0 Å². The van der Waals surface area contributed by atoms with E-state index in [1.54, 1.807) is 6.07 Å². The van der Waals surface area contributed by atoms with Crippen LogP contribution in [-0.2, 0) is 6.54 Å².